The van der Waals surface area contributed by atoms with Crippen LogP contribution >= 0.6 is 12.4 Å². The second-order valence-electron chi connectivity index (χ2n) is 8.06. The van der Waals surface area contributed by atoms with E-state index in [-0.39, 0.29) is 12.4 Å². The van der Waals surface area contributed by atoms with Crippen molar-refractivity contribution in [2.24, 2.45) is 23.7 Å². The van der Waals surface area contributed by atoms with Gasteiger partial charge >= 0.3 is 0 Å². The van der Waals surface area contributed by atoms with E-state index in [4.69, 9.17) is 0 Å². The number of hydrogen-bond acceptors (Lipinski definition) is 2. The van der Waals surface area contributed by atoms with Gasteiger partial charge in [0.15, 0.2) is 0 Å². The largest absolute Gasteiger partial charge is 0.343 e. The van der Waals surface area contributed by atoms with Crippen LogP contribution in [0.2, 0.25) is 0 Å². The summed E-state index contributed by atoms with van der Waals surface area (Å²) >= 11 is 0. The fourth-order valence-electron chi connectivity index (χ4n) is 5.64. The summed E-state index contributed by atoms with van der Waals surface area (Å²) in [7, 11) is 0. The molecule has 4 fully saturated rings. The van der Waals surface area contributed by atoms with E-state index < -0.39 is 0 Å². The second kappa shape index (κ2) is 7.09. The van der Waals surface area contributed by atoms with Crippen LogP contribution in [0.15, 0.2) is 0 Å². The lowest BCUT2D eigenvalue weighted by Crippen LogP contribution is -2.43. The van der Waals surface area contributed by atoms with Crippen molar-refractivity contribution in [3.8, 4) is 0 Å². The van der Waals surface area contributed by atoms with E-state index in [0.717, 1.165) is 49.2 Å². The molecule has 4 unspecified atom stereocenters. The third kappa shape index (κ3) is 3.31. The van der Waals surface area contributed by atoms with Gasteiger partial charge in [0.25, 0.3) is 0 Å². The molecule has 22 heavy (non-hydrogen) atoms. The number of piperidine rings is 1. The summed E-state index contributed by atoms with van der Waals surface area (Å²) in [4.78, 5) is 14.7. The molecule has 3 nitrogen and oxygen atoms in total. The Balaban J connectivity index is 0.00000144. The van der Waals surface area contributed by atoms with Gasteiger partial charge in [0.2, 0.25) is 5.91 Å². The highest BCUT2D eigenvalue weighted by atomic mass is 35.5. The smallest absolute Gasteiger partial charge is 0.222 e. The van der Waals surface area contributed by atoms with E-state index in [1.807, 2.05) is 0 Å². The summed E-state index contributed by atoms with van der Waals surface area (Å²) in [5.74, 6) is 3.86. The molecule has 2 bridgehead atoms. The van der Waals surface area contributed by atoms with Gasteiger partial charge in [-0.15, -0.1) is 12.4 Å². The molecule has 2 aliphatic carbocycles. The third-order valence-corrected chi connectivity index (χ3v) is 6.88. The van der Waals surface area contributed by atoms with Gasteiger partial charge in [-0.3, -0.25) is 4.79 Å². The van der Waals surface area contributed by atoms with Crippen molar-refractivity contribution in [3.63, 3.8) is 0 Å². The molecule has 126 valence electrons. The summed E-state index contributed by atoms with van der Waals surface area (Å²) in [6, 6.07) is 0.743. The summed E-state index contributed by atoms with van der Waals surface area (Å²) in [5, 5.41) is 3.64. The first-order valence-electron chi connectivity index (χ1n) is 9.31. The Kier molecular flexibility index (Phi) is 5.34. The van der Waals surface area contributed by atoms with Crippen LogP contribution in [-0.2, 0) is 4.79 Å². The van der Waals surface area contributed by atoms with Crippen LogP contribution in [0.4, 0.5) is 0 Å². The Labute approximate surface area is 141 Å². The molecule has 4 atom stereocenters. The molecule has 0 aromatic heterocycles. The molecule has 2 saturated carbocycles. The number of nitrogens with one attached hydrogen (secondary N) is 1. The zero-order valence-electron chi connectivity index (χ0n) is 13.6. The van der Waals surface area contributed by atoms with E-state index in [0.29, 0.717) is 5.91 Å². The quantitative estimate of drug-likeness (QED) is 0.863. The maximum absolute atomic E-state index is 12.6. The molecule has 0 spiro atoms. The Bertz CT molecular complexity index is 389. The first kappa shape index (κ1) is 16.6. The predicted octanol–water partition coefficient (Wildman–Crippen LogP) is 3.23. The Morgan fingerprint density at radius 1 is 1.00 bits per heavy atom. The molecule has 0 radical (unpaired) electrons. The third-order valence-electron chi connectivity index (χ3n) is 6.88. The average molecular weight is 327 g/mol. The van der Waals surface area contributed by atoms with Crippen molar-refractivity contribution in [1.82, 2.24) is 10.2 Å². The predicted molar refractivity (Wildman–Crippen MR) is 91.1 cm³/mol. The number of amides is 1. The molecular formula is C18H31ClN2O. The zero-order valence-corrected chi connectivity index (χ0v) is 14.5. The molecule has 2 heterocycles. The summed E-state index contributed by atoms with van der Waals surface area (Å²) < 4.78 is 0. The van der Waals surface area contributed by atoms with Gasteiger partial charge in [-0.05, 0) is 75.2 Å². The van der Waals surface area contributed by atoms with Gasteiger partial charge in [-0.2, -0.15) is 0 Å². The maximum atomic E-state index is 12.6. The minimum absolute atomic E-state index is 0. The number of carbonyl (C=O) groups is 1. The van der Waals surface area contributed by atoms with Crippen LogP contribution in [0.3, 0.4) is 0 Å². The number of likely N-dealkylation sites (tertiary alicyclic amines) is 1. The van der Waals surface area contributed by atoms with Crippen LogP contribution < -0.4 is 5.32 Å². The van der Waals surface area contributed by atoms with Gasteiger partial charge in [-0.1, -0.05) is 6.42 Å². The van der Waals surface area contributed by atoms with Crippen molar-refractivity contribution in [2.45, 2.75) is 63.8 Å². The normalized spacial score (nSPS) is 38.3. The number of nitrogens with zero attached hydrogens (tertiary/aromatic N) is 1. The Morgan fingerprint density at radius 2 is 1.82 bits per heavy atom. The molecule has 4 rings (SSSR count). The number of rotatable bonds is 3. The van der Waals surface area contributed by atoms with Crippen LogP contribution in [0.5, 0.6) is 0 Å². The van der Waals surface area contributed by atoms with Crippen molar-refractivity contribution < 1.29 is 4.79 Å². The van der Waals surface area contributed by atoms with Gasteiger partial charge in [0, 0.05) is 25.6 Å². The van der Waals surface area contributed by atoms with Gasteiger partial charge in [0.05, 0.1) is 0 Å². The van der Waals surface area contributed by atoms with Gasteiger partial charge < -0.3 is 10.2 Å². The summed E-state index contributed by atoms with van der Waals surface area (Å²) in [5.41, 5.74) is 0. The molecular weight excluding hydrogens is 296 g/mol. The average Bonchev–Trinajstić information content (AvgIpc) is 3.25. The molecule has 0 aromatic rings. The van der Waals surface area contributed by atoms with Crippen LogP contribution in [0.25, 0.3) is 0 Å². The van der Waals surface area contributed by atoms with E-state index in [2.05, 4.69) is 10.2 Å². The van der Waals surface area contributed by atoms with Crippen molar-refractivity contribution in [1.29, 1.82) is 0 Å². The van der Waals surface area contributed by atoms with E-state index in [9.17, 15) is 4.79 Å². The fourth-order valence-corrected chi connectivity index (χ4v) is 5.64. The van der Waals surface area contributed by atoms with Gasteiger partial charge in [0.1, 0.15) is 0 Å². The second-order valence-corrected chi connectivity index (χ2v) is 8.06. The molecule has 2 aliphatic heterocycles. The zero-order chi connectivity index (χ0) is 14.2. The highest BCUT2D eigenvalue weighted by molar-refractivity contribution is 5.85. The molecule has 4 heteroatoms. The van der Waals surface area contributed by atoms with Crippen LogP contribution in [0.1, 0.15) is 57.8 Å². The molecule has 0 aromatic carbocycles. The van der Waals surface area contributed by atoms with E-state index >= 15 is 0 Å². The first-order valence-corrected chi connectivity index (χ1v) is 9.31. The monoisotopic (exact) mass is 326 g/mol. The van der Waals surface area contributed by atoms with Crippen LogP contribution in [-0.4, -0.2) is 36.5 Å². The SMILES string of the molecule is Cl.O=C(CC1CC2CCC1C2)N1CCC(C2CCCN2)CC1. The van der Waals surface area contributed by atoms with Crippen molar-refractivity contribution in [2.75, 3.05) is 19.6 Å². The first-order chi connectivity index (χ1) is 10.3. The lowest BCUT2D eigenvalue weighted by atomic mass is 9.85. The number of carbonyl (C=O) groups excluding carboxylic acids is 1. The highest BCUT2D eigenvalue weighted by Gasteiger charge is 2.41. The van der Waals surface area contributed by atoms with Crippen molar-refractivity contribution >= 4 is 18.3 Å². The lowest BCUT2D eigenvalue weighted by Gasteiger charge is -2.36. The molecule has 4 aliphatic rings. The number of fused-ring (bicyclic) bond motifs is 2. The van der Waals surface area contributed by atoms with Crippen LogP contribution in [0, 0.1) is 23.7 Å². The highest BCUT2D eigenvalue weighted by Crippen LogP contribution is 2.49. The number of halogens is 1. The maximum Gasteiger partial charge on any atom is 0.222 e. The Morgan fingerprint density at radius 3 is 2.41 bits per heavy atom. The fraction of sp³-hybridized carbons (Fsp3) is 0.944. The topological polar surface area (TPSA) is 32.3 Å². The van der Waals surface area contributed by atoms with E-state index in [1.165, 1.54) is 57.9 Å². The molecule has 2 saturated heterocycles. The minimum atomic E-state index is 0. The summed E-state index contributed by atoms with van der Waals surface area (Å²) in [6.07, 6.45) is 11.6. The van der Waals surface area contributed by atoms with Gasteiger partial charge in [-0.25, -0.2) is 0 Å². The molecule has 1 amide bonds. The standard InChI is InChI=1S/C18H30N2O.ClH/c21-18(12-16-11-13-3-4-15(16)10-13)20-8-5-14(6-9-20)17-2-1-7-19-17;/h13-17,19H,1-12H2;1H. The van der Waals surface area contributed by atoms with E-state index in [1.54, 1.807) is 0 Å². The number of hydrogen-bond donors (Lipinski definition) is 1. The summed E-state index contributed by atoms with van der Waals surface area (Å²) in [6.45, 7) is 3.24. The molecule has 1 N–H and O–H groups in total. The lowest BCUT2D eigenvalue weighted by molar-refractivity contribution is -0.134. The minimum Gasteiger partial charge on any atom is -0.343 e. The Hall–Kier alpha value is -0.280. The van der Waals surface area contributed by atoms with Crippen molar-refractivity contribution in [3.05, 3.63) is 0 Å².